The maximum Gasteiger partial charge on any atom is 0.255 e. The number of anilines is 1. The van der Waals surface area contributed by atoms with E-state index in [0.29, 0.717) is 5.56 Å². The van der Waals surface area contributed by atoms with Crippen LogP contribution in [0.5, 0.6) is 0 Å². The third-order valence-corrected chi connectivity index (χ3v) is 3.37. The van der Waals surface area contributed by atoms with Gasteiger partial charge in [0.1, 0.15) is 4.60 Å². The molecule has 2 rings (SSSR count). The maximum atomic E-state index is 12.2. The monoisotopic (exact) mass is 318 g/mol. The number of aryl methyl sites for hydroxylation is 3. The third kappa shape index (κ3) is 3.20. The van der Waals surface area contributed by atoms with E-state index in [-0.39, 0.29) is 5.91 Å². The molecule has 1 heterocycles. The van der Waals surface area contributed by atoms with Crippen molar-refractivity contribution in [3.05, 3.63) is 57.3 Å². The Morgan fingerprint density at radius 3 is 2.53 bits per heavy atom. The van der Waals surface area contributed by atoms with E-state index in [9.17, 15) is 4.79 Å². The second-order valence-corrected chi connectivity index (χ2v) is 5.35. The van der Waals surface area contributed by atoms with Crippen molar-refractivity contribution in [2.45, 2.75) is 20.8 Å². The minimum absolute atomic E-state index is 0.107. The van der Waals surface area contributed by atoms with Gasteiger partial charge in [0.05, 0.1) is 11.4 Å². The molecule has 0 spiro atoms. The Morgan fingerprint density at radius 2 is 1.89 bits per heavy atom. The van der Waals surface area contributed by atoms with E-state index in [2.05, 4.69) is 26.2 Å². The minimum atomic E-state index is -0.107. The Balaban J connectivity index is 2.25. The summed E-state index contributed by atoms with van der Waals surface area (Å²) in [7, 11) is 0. The second-order valence-electron chi connectivity index (χ2n) is 4.54. The molecule has 0 aliphatic heterocycles. The van der Waals surface area contributed by atoms with Crippen LogP contribution in [0.2, 0.25) is 0 Å². The Kier molecular flexibility index (Phi) is 4.00. The molecule has 4 heteroatoms. The molecular weight excluding hydrogens is 304 g/mol. The first kappa shape index (κ1) is 13.7. The molecule has 1 aromatic heterocycles. The number of pyridine rings is 1. The van der Waals surface area contributed by atoms with Crippen molar-refractivity contribution in [3.8, 4) is 0 Å². The van der Waals surface area contributed by atoms with Crippen LogP contribution in [-0.4, -0.2) is 10.9 Å². The molecule has 1 N–H and O–H groups in total. The van der Waals surface area contributed by atoms with E-state index in [1.165, 1.54) is 0 Å². The number of carbonyl (C=O) groups excluding carboxylic acids is 1. The highest BCUT2D eigenvalue weighted by Crippen LogP contribution is 2.18. The van der Waals surface area contributed by atoms with Crippen LogP contribution in [0.3, 0.4) is 0 Å². The van der Waals surface area contributed by atoms with Gasteiger partial charge in [0.2, 0.25) is 0 Å². The minimum Gasteiger partial charge on any atom is -0.320 e. The largest absolute Gasteiger partial charge is 0.320 e. The Bertz CT molecular complexity index is 638. The molecule has 0 aliphatic carbocycles. The van der Waals surface area contributed by atoms with Crippen molar-refractivity contribution < 1.29 is 4.79 Å². The number of rotatable bonds is 2. The van der Waals surface area contributed by atoms with Gasteiger partial charge >= 0.3 is 0 Å². The Morgan fingerprint density at radius 1 is 1.16 bits per heavy atom. The average molecular weight is 319 g/mol. The highest BCUT2D eigenvalue weighted by Gasteiger charge is 2.11. The van der Waals surface area contributed by atoms with E-state index in [4.69, 9.17) is 0 Å². The van der Waals surface area contributed by atoms with Gasteiger partial charge in [0.15, 0.2) is 0 Å². The lowest BCUT2D eigenvalue weighted by molar-refractivity contribution is 0.102. The summed E-state index contributed by atoms with van der Waals surface area (Å²) < 4.78 is 0.759. The van der Waals surface area contributed by atoms with Crippen molar-refractivity contribution in [3.63, 3.8) is 0 Å². The predicted molar refractivity (Wildman–Crippen MR) is 80.5 cm³/mol. The number of hydrogen-bond acceptors (Lipinski definition) is 2. The third-order valence-electron chi connectivity index (χ3n) is 2.93. The van der Waals surface area contributed by atoms with Gasteiger partial charge in [-0.05, 0) is 60.5 Å². The summed E-state index contributed by atoms with van der Waals surface area (Å²) in [5, 5.41) is 2.89. The highest BCUT2D eigenvalue weighted by atomic mass is 79.9. The molecule has 3 nitrogen and oxygen atoms in total. The van der Waals surface area contributed by atoms with Gasteiger partial charge in [-0.2, -0.15) is 0 Å². The molecule has 1 amide bonds. The van der Waals surface area contributed by atoms with Crippen LogP contribution in [0.15, 0.2) is 34.9 Å². The molecule has 0 bridgehead atoms. The number of hydrogen-bond donors (Lipinski definition) is 1. The number of carbonyl (C=O) groups is 1. The quantitative estimate of drug-likeness (QED) is 0.850. The molecule has 0 aliphatic rings. The summed E-state index contributed by atoms with van der Waals surface area (Å²) in [5.74, 6) is -0.107. The van der Waals surface area contributed by atoms with Crippen LogP contribution in [0.4, 0.5) is 5.69 Å². The summed E-state index contributed by atoms with van der Waals surface area (Å²) in [5.41, 5.74) is 4.32. The lowest BCUT2D eigenvalue weighted by Crippen LogP contribution is -2.14. The highest BCUT2D eigenvalue weighted by molar-refractivity contribution is 9.10. The molecule has 0 saturated carbocycles. The van der Waals surface area contributed by atoms with Gasteiger partial charge in [-0.15, -0.1) is 0 Å². The van der Waals surface area contributed by atoms with Crippen molar-refractivity contribution >= 4 is 27.5 Å². The molecule has 0 atom stereocenters. The fourth-order valence-electron chi connectivity index (χ4n) is 1.92. The van der Waals surface area contributed by atoms with Gasteiger partial charge in [0.25, 0.3) is 5.91 Å². The average Bonchev–Trinajstić information content (AvgIpc) is 2.32. The van der Waals surface area contributed by atoms with E-state index in [1.54, 1.807) is 0 Å². The van der Waals surface area contributed by atoms with Gasteiger partial charge in [-0.25, -0.2) is 4.98 Å². The predicted octanol–water partition coefficient (Wildman–Crippen LogP) is 4.02. The Labute approximate surface area is 121 Å². The molecule has 0 fully saturated rings. The first-order valence-corrected chi connectivity index (χ1v) is 6.78. The topological polar surface area (TPSA) is 42.0 Å². The smallest absolute Gasteiger partial charge is 0.255 e. The summed E-state index contributed by atoms with van der Waals surface area (Å²) >= 11 is 3.30. The van der Waals surface area contributed by atoms with Gasteiger partial charge in [-0.1, -0.05) is 17.7 Å². The SMILES string of the molecule is Cc1ccc(C(=O)Nc2ccc(Br)nc2C)c(C)c1. The van der Waals surface area contributed by atoms with Gasteiger partial charge in [0, 0.05) is 5.56 Å². The second kappa shape index (κ2) is 5.53. The van der Waals surface area contributed by atoms with Crippen LogP contribution < -0.4 is 5.32 Å². The molecular formula is C15H15BrN2O. The first-order valence-electron chi connectivity index (χ1n) is 5.99. The standard InChI is InChI=1S/C15H15BrN2O/c1-9-4-5-12(10(2)8-9)15(19)18-13-6-7-14(16)17-11(13)3/h4-8H,1-3H3,(H,18,19). The number of nitrogens with one attached hydrogen (secondary N) is 1. The summed E-state index contributed by atoms with van der Waals surface area (Å²) in [4.78, 5) is 16.5. The zero-order valence-corrected chi connectivity index (χ0v) is 12.7. The van der Waals surface area contributed by atoms with E-state index in [0.717, 1.165) is 27.1 Å². The fourth-order valence-corrected chi connectivity index (χ4v) is 2.32. The van der Waals surface area contributed by atoms with Crippen LogP contribution in [0.1, 0.15) is 27.2 Å². The number of aromatic nitrogens is 1. The number of amides is 1. The van der Waals surface area contributed by atoms with Gasteiger partial charge in [-0.3, -0.25) is 4.79 Å². The molecule has 19 heavy (non-hydrogen) atoms. The lowest BCUT2D eigenvalue weighted by Gasteiger charge is -2.10. The zero-order valence-electron chi connectivity index (χ0n) is 11.1. The van der Waals surface area contributed by atoms with Crippen LogP contribution in [0, 0.1) is 20.8 Å². The summed E-state index contributed by atoms with van der Waals surface area (Å²) in [6.45, 7) is 5.81. The molecule has 0 radical (unpaired) electrons. The molecule has 2 aromatic rings. The number of benzene rings is 1. The fraction of sp³-hybridized carbons (Fsp3) is 0.200. The zero-order chi connectivity index (χ0) is 14.0. The van der Waals surface area contributed by atoms with E-state index < -0.39 is 0 Å². The molecule has 0 unspecified atom stereocenters. The normalized spacial score (nSPS) is 10.3. The van der Waals surface area contributed by atoms with Gasteiger partial charge < -0.3 is 5.32 Å². The van der Waals surface area contributed by atoms with Crippen LogP contribution in [-0.2, 0) is 0 Å². The van der Waals surface area contributed by atoms with Crippen molar-refractivity contribution in [1.82, 2.24) is 4.98 Å². The van der Waals surface area contributed by atoms with Crippen LogP contribution >= 0.6 is 15.9 Å². The number of halogens is 1. The molecule has 1 aromatic carbocycles. The van der Waals surface area contributed by atoms with E-state index in [1.807, 2.05) is 51.1 Å². The van der Waals surface area contributed by atoms with Crippen molar-refractivity contribution in [2.24, 2.45) is 0 Å². The van der Waals surface area contributed by atoms with Crippen LogP contribution in [0.25, 0.3) is 0 Å². The van der Waals surface area contributed by atoms with E-state index >= 15 is 0 Å². The van der Waals surface area contributed by atoms with Crippen molar-refractivity contribution in [2.75, 3.05) is 5.32 Å². The molecule has 0 saturated heterocycles. The summed E-state index contributed by atoms with van der Waals surface area (Å²) in [6.07, 6.45) is 0. The Hall–Kier alpha value is -1.68. The maximum absolute atomic E-state index is 12.2. The first-order chi connectivity index (χ1) is 8.97. The van der Waals surface area contributed by atoms with Crippen molar-refractivity contribution in [1.29, 1.82) is 0 Å². The summed E-state index contributed by atoms with van der Waals surface area (Å²) in [6, 6.07) is 9.44. The molecule has 98 valence electrons. The lowest BCUT2D eigenvalue weighted by atomic mass is 10.1. The number of nitrogens with zero attached hydrogens (tertiary/aromatic N) is 1.